The summed E-state index contributed by atoms with van der Waals surface area (Å²) in [6.07, 6.45) is 6.14. The number of nitrogens with one attached hydrogen (secondary N) is 1. The second-order valence-corrected chi connectivity index (χ2v) is 5.11. The molecule has 0 aromatic heterocycles. The standard InChI is InChI=1S/C13H19NO3/c1-2-3-4-11(13(16)17)14-12(15)10-7-9(10)8-5-6-8/h2,8-11H,1,3-7H2,(H,14,15)(H,16,17). The van der Waals surface area contributed by atoms with E-state index < -0.39 is 12.0 Å². The lowest BCUT2D eigenvalue weighted by Crippen LogP contribution is -2.41. The molecule has 4 heteroatoms. The van der Waals surface area contributed by atoms with Crippen LogP contribution < -0.4 is 5.32 Å². The van der Waals surface area contributed by atoms with Gasteiger partial charge >= 0.3 is 5.97 Å². The molecule has 3 unspecified atom stereocenters. The van der Waals surface area contributed by atoms with Crippen LogP contribution in [0.1, 0.15) is 32.1 Å². The average Bonchev–Trinajstić information content (AvgIpc) is 3.15. The van der Waals surface area contributed by atoms with E-state index >= 15 is 0 Å². The first-order valence-corrected chi connectivity index (χ1v) is 6.27. The quantitative estimate of drug-likeness (QED) is 0.660. The van der Waals surface area contributed by atoms with Crippen molar-refractivity contribution < 1.29 is 14.7 Å². The normalized spacial score (nSPS) is 28.2. The Bertz CT molecular complexity index is 336. The van der Waals surface area contributed by atoms with Crippen molar-refractivity contribution in [1.29, 1.82) is 0 Å². The van der Waals surface area contributed by atoms with E-state index in [4.69, 9.17) is 5.11 Å². The molecule has 0 aliphatic heterocycles. The van der Waals surface area contributed by atoms with Gasteiger partial charge in [-0.15, -0.1) is 6.58 Å². The number of hydrogen-bond donors (Lipinski definition) is 2. The molecule has 2 N–H and O–H groups in total. The van der Waals surface area contributed by atoms with E-state index in [9.17, 15) is 9.59 Å². The van der Waals surface area contributed by atoms with Crippen molar-refractivity contribution in [3.8, 4) is 0 Å². The summed E-state index contributed by atoms with van der Waals surface area (Å²) in [6, 6.07) is -0.763. The van der Waals surface area contributed by atoms with Gasteiger partial charge in [-0.1, -0.05) is 6.08 Å². The number of rotatable bonds is 7. The summed E-state index contributed by atoms with van der Waals surface area (Å²) in [6.45, 7) is 3.56. The molecule has 0 spiro atoms. The highest BCUT2D eigenvalue weighted by atomic mass is 16.4. The Morgan fingerprint density at radius 2 is 2.18 bits per heavy atom. The Hall–Kier alpha value is -1.32. The molecule has 0 aromatic rings. The fourth-order valence-electron chi connectivity index (χ4n) is 2.38. The SMILES string of the molecule is C=CCCC(NC(=O)C1CC1C1CC1)C(=O)O. The molecule has 0 aromatic carbocycles. The number of amides is 1. The molecule has 2 rings (SSSR count). The van der Waals surface area contributed by atoms with Crippen molar-refractivity contribution in [2.45, 2.75) is 38.1 Å². The van der Waals surface area contributed by atoms with Crippen LogP contribution in [0.15, 0.2) is 12.7 Å². The zero-order chi connectivity index (χ0) is 12.4. The minimum Gasteiger partial charge on any atom is -0.480 e. The molecule has 3 atom stereocenters. The highest BCUT2D eigenvalue weighted by Crippen LogP contribution is 2.54. The lowest BCUT2D eigenvalue weighted by molar-refractivity contribution is -0.142. The van der Waals surface area contributed by atoms with E-state index in [2.05, 4.69) is 11.9 Å². The number of carboxylic acid groups (broad SMARTS) is 1. The Morgan fingerprint density at radius 3 is 2.71 bits per heavy atom. The van der Waals surface area contributed by atoms with Gasteiger partial charge in [0.05, 0.1) is 0 Å². The summed E-state index contributed by atoms with van der Waals surface area (Å²) < 4.78 is 0. The van der Waals surface area contributed by atoms with Gasteiger partial charge in [-0.25, -0.2) is 4.79 Å². The first-order chi connectivity index (χ1) is 8.13. The molecule has 0 saturated heterocycles. The fraction of sp³-hybridized carbons (Fsp3) is 0.692. The van der Waals surface area contributed by atoms with Crippen molar-refractivity contribution >= 4 is 11.9 Å². The van der Waals surface area contributed by atoms with Crippen LogP contribution in [0.5, 0.6) is 0 Å². The van der Waals surface area contributed by atoms with Crippen LogP contribution in [0.4, 0.5) is 0 Å². The summed E-state index contributed by atoms with van der Waals surface area (Å²) >= 11 is 0. The Labute approximate surface area is 101 Å². The van der Waals surface area contributed by atoms with Crippen LogP contribution in [0.2, 0.25) is 0 Å². The lowest BCUT2D eigenvalue weighted by Gasteiger charge is -2.13. The third-order valence-corrected chi connectivity index (χ3v) is 3.68. The van der Waals surface area contributed by atoms with Crippen LogP contribution in [-0.2, 0) is 9.59 Å². The number of carboxylic acids is 1. The van der Waals surface area contributed by atoms with Gasteiger partial charge in [0.25, 0.3) is 0 Å². The second-order valence-electron chi connectivity index (χ2n) is 5.11. The van der Waals surface area contributed by atoms with Crippen LogP contribution in [0.3, 0.4) is 0 Å². The number of carbonyl (C=O) groups excluding carboxylic acids is 1. The molecule has 17 heavy (non-hydrogen) atoms. The van der Waals surface area contributed by atoms with E-state index in [0.29, 0.717) is 18.8 Å². The van der Waals surface area contributed by atoms with Gasteiger partial charge < -0.3 is 10.4 Å². The predicted molar refractivity (Wildman–Crippen MR) is 63.3 cm³/mol. The van der Waals surface area contributed by atoms with E-state index in [1.54, 1.807) is 6.08 Å². The van der Waals surface area contributed by atoms with Crippen LogP contribution in [-0.4, -0.2) is 23.0 Å². The minimum atomic E-state index is -0.955. The summed E-state index contributed by atoms with van der Waals surface area (Å²) in [5.41, 5.74) is 0. The summed E-state index contributed by atoms with van der Waals surface area (Å²) in [5, 5.41) is 11.6. The van der Waals surface area contributed by atoms with Gasteiger partial charge in [-0.05, 0) is 43.9 Å². The zero-order valence-electron chi connectivity index (χ0n) is 9.89. The number of aliphatic carboxylic acids is 1. The molecule has 0 radical (unpaired) electrons. The van der Waals surface area contributed by atoms with E-state index in [-0.39, 0.29) is 11.8 Å². The number of hydrogen-bond acceptors (Lipinski definition) is 2. The van der Waals surface area contributed by atoms with Crippen LogP contribution in [0.25, 0.3) is 0 Å². The Morgan fingerprint density at radius 1 is 1.47 bits per heavy atom. The largest absolute Gasteiger partial charge is 0.480 e. The molecule has 2 saturated carbocycles. The van der Waals surface area contributed by atoms with Crippen molar-refractivity contribution in [2.24, 2.45) is 17.8 Å². The maximum absolute atomic E-state index is 11.8. The molecule has 2 fully saturated rings. The topological polar surface area (TPSA) is 66.4 Å². The average molecular weight is 237 g/mol. The molecular formula is C13H19NO3. The molecule has 0 heterocycles. The van der Waals surface area contributed by atoms with Crippen LogP contribution >= 0.6 is 0 Å². The maximum atomic E-state index is 11.8. The van der Waals surface area contributed by atoms with Crippen LogP contribution in [0, 0.1) is 17.8 Å². The van der Waals surface area contributed by atoms with E-state index in [1.807, 2.05) is 0 Å². The number of allylic oxidation sites excluding steroid dienone is 1. The first-order valence-electron chi connectivity index (χ1n) is 6.27. The third kappa shape index (κ3) is 3.08. The molecule has 0 bridgehead atoms. The van der Waals surface area contributed by atoms with Gasteiger partial charge in [-0.2, -0.15) is 0 Å². The zero-order valence-corrected chi connectivity index (χ0v) is 9.89. The lowest BCUT2D eigenvalue weighted by atomic mass is 10.1. The summed E-state index contributed by atoms with van der Waals surface area (Å²) in [4.78, 5) is 22.8. The molecule has 4 nitrogen and oxygen atoms in total. The predicted octanol–water partition coefficient (Wildman–Crippen LogP) is 1.57. The molecule has 2 aliphatic carbocycles. The molecule has 1 amide bonds. The van der Waals surface area contributed by atoms with Gasteiger partial charge in [0.2, 0.25) is 5.91 Å². The highest BCUT2D eigenvalue weighted by molar-refractivity contribution is 5.86. The van der Waals surface area contributed by atoms with Gasteiger partial charge in [0.1, 0.15) is 6.04 Å². The van der Waals surface area contributed by atoms with E-state index in [1.165, 1.54) is 12.8 Å². The van der Waals surface area contributed by atoms with Gasteiger partial charge in [0, 0.05) is 5.92 Å². The molecule has 2 aliphatic rings. The first kappa shape index (κ1) is 12.1. The van der Waals surface area contributed by atoms with Gasteiger partial charge in [0.15, 0.2) is 0 Å². The summed E-state index contributed by atoms with van der Waals surface area (Å²) in [5.74, 6) is 0.321. The van der Waals surface area contributed by atoms with E-state index in [0.717, 1.165) is 12.3 Å². The monoisotopic (exact) mass is 237 g/mol. The summed E-state index contributed by atoms with van der Waals surface area (Å²) in [7, 11) is 0. The fourth-order valence-corrected chi connectivity index (χ4v) is 2.38. The van der Waals surface area contributed by atoms with Crippen molar-refractivity contribution in [1.82, 2.24) is 5.32 Å². The van der Waals surface area contributed by atoms with Gasteiger partial charge in [-0.3, -0.25) is 4.79 Å². The Balaban J connectivity index is 1.78. The molecular weight excluding hydrogens is 218 g/mol. The highest BCUT2D eigenvalue weighted by Gasteiger charge is 2.51. The van der Waals surface area contributed by atoms with Crippen molar-refractivity contribution in [2.75, 3.05) is 0 Å². The maximum Gasteiger partial charge on any atom is 0.326 e. The Kier molecular flexibility index (Phi) is 3.50. The minimum absolute atomic E-state index is 0.0710. The van der Waals surface area contributed by atoms with Crippen molar-refractivity contribution in [3.05, 3.63) is 12.7 Å². The second kappa shape index (κ2) is 4.90. The van der Waals surface area contributed by atoms with Crippen molar-refractivity contribution in [3.63, 3.8) is 0 Å². The molecule has 94 valence electrons. The third-order valence-electron chi connectivity index (χ3n) is 3.68. The smallest absolute Gasteiger partial charge is 0.326 e. The number of carbonyl (C=O) groups is 2.